The van der Waals surface area contributed by atoms with Gasteiger partial charge in [0.15, 0.2) is 0 Å². The summed E-state index contributed by atoms with van der Waals surface area (Å²) < 4.78 is 0. The zero-order chi connectivity index (χ0) is 12.2. The van der Waals surface area contributed by atoms with Gasteiger partial charge in [0.05, 0.1) is 0 Å². The molecule has 1 aliphatic rings. The van der Waals surface area contributed by atoms with Crippen molar-refractivity contribution in [3.63, 3.8) is 0 Å². The van der Waals surface area contributed by atoms with Crippen LogP contribution in [0.15, 0.2) is 12.2 Å². The van der Waals surface area contributed by atoms with E-state index < -0.39 is 0 Å². The Morgan fingerprint density at radius 1 is 0.706 bits per heavy atom. The normalized spacial score (nSPS) is 26.1. The Hall–Kier alpha value is -0.300. The maximum absolute atomic E-state index is 9.33. The quantitative estimate of drug-likeness (QED) is 0.648. The standard InChI is InChI=1S/C16H30O/c17-15-16-13-11-9-7-5-3-1-2-4-6-8-10-12-14-16/h1,3,16-17H,2,4-15H2. The average Bonchev–Trinajstić information content (AvgIpc) is 2.36. The van der Waals surface area contributed by atoms with Gasteiger partial charge in [0.25, 0.3) is 0 Å². The van der Waals surface area contributed by atoms with Crippen molar-refractivity contribution in [3.05, 3.63) is 12.2 Å². The van der Waals surface area contributed by atoms with Gasteiger partial charge in [-0.3, -0.25) is 0 Å². The summed E-state index contributed by atoms with van der Waals surface area (Å²) in [7, 11) is 0. The lowest BCUT2D eigenvalue weighted by Gasteiger charge is -2.13. The average molecular weight is 238 g/mol. The lowest BCUT2D eigenvalue weighted by molar-refractivity contribution is 0.204. The van der Waals surface area contributed by atoms with Gasteiger partial charge < -0.3 is 5.11 Å². The van der Waals surface area contributed by atoms with Crippen LogP contribution >= 0.6 is 0 Å². The minimum atomic E-state index is 0.403. The highest BCUT2D eigenvalue weighted by molar-refractivity contribution is 4.81. The molecule has 0 radical (unpaired) electrons. The SMILES string of the molecule is OCC1CCCCCC=CCCCCCCC1. The van der Waals surface area contributed by atoms with Crippen molar-refractivity contribution in [2.75, 3.05) is 6.61 Å². The first-order valence-corrected chi connectivity index (χ1v) is 7.69. The van der Waals surface area contributed by atoms with Gasteiger partial charge in [-0.05, 0) is 44.4 Å². The van der Waals surface area contributed by atoms with Crippen LogP contribution in [0.5, 0.6) is 0 Å². The first-order chi connectivity index (χ1) is 8.43. The Morgan fingerprint density at radius 3 is 1.76 bits per heavy atom. The molecule has 1 N–H and O–H groups in total. The van der Waals surface area contributed by atoms with E-state index in [-0.39, 0.29) is 0 Å². The van der Waals surface area contributed by atoms with Crippen molar-refractivity contribution >= 4 is 0 Å². The summed E-state index contributed by atoms with van der Waals surface area (Å²) in [4.78, 5) is 0. The third-order valence-corrected chi connectivity index (χ3v) is 3.89. The molecule has 1 atom stereocenters. The summed E-state index contributed by atoms with van der Waals surface area (Å²) in [5, 5.41) is 9.33. The van der Waals surface area contributed by atoms with Gasteiger partial charge >= 0.3 is 0 Å². The van der Waals surface area contributed by atoms with Crippen molar-refractivity contribution in [1.29, 1.82) is 0 Å². The van der Waals surface area contributed by atoms with Crippen LogP contribution in [0.1, 0.15) is 77.0 Å². The van der Waals surface area contributed by atoms with E-state index in [0.717, 1.165) is 0 Å². The molecule has 0 amide bonds. The second kappa shape index (κ2) is 10.8. The van der Waals surface area contributed by atoms with Gasteiger partial charge in [-0.2, -0.15) is 0 Å². The van der Waals surface area contributed by atoms with Crippen molar-refractivity contribution in [2.45, 2.75) is 77.0 Å². The summed E-state index contributed by atoms with van der Waals surface area (Å²) in [5.41, 5.74) is 0. The van der Waals surface area contributed by atoms with Crippen LogP contribution in [0.4, 0.5) is 0 Å². The molecule has 1 heteroatoms. The molecule has 0 saturated heterocycles. The van der Waals surface area contributed by atoms with Crippen LogP contribution in [-0.2, 0) is 0 Å². The monoisotopic (exact) mass is 238 g/mol. The third kappa shape index (κ3) is 8.43. The van der Waals surface area contributed by atoms with Crippen LogP contribution < -0.4 is 0 Å². The van der Waals surface area contributed by atoms with Crippen LogP contribution in [0.2, 0.25) is 0 Å². The number of hydrogen-bond acceptors (Lipinski definition) is 1. The molecular weight excluding hydrogens is 208 g/mol. The zero-order valence-corrected chi connectivity index (χ0v) is 11.4. The fourth-order valence-corrected chi connectivity index (χ4v) is 2.66. The highest BCUT2D eigenvalue weighted by Gasteiger charge is 2.06. The van der Waals surface area contributed by atoms with E-state index >= 15 is 0 Å². The highest BCUT2D eigenvalue weighted by Crippen LogP contribution is 2.18. The van der Waals surface area contributed by atoms with Crippen molar-refractivity contribution in [3.8, 4) is 0 Å². The molecule has 0 aromatic carbocycles. The third-order valence-electron chi connectivity index (χ3n) is 3.89. The molecule has 0 heterocycles. The zero-order valence-electron chi connectivity index (χ0n) is 11.4. The predicted molar refractivity (Wildman–Crippen MR) is 75.1 cm³/mol. The van der Waals surface area contributed by atoms with E-state index in [9.17, 15) is 5.11 Å². The van der Waals surface area contributed by atoms with Crippen molar-refractivity contribution in [1.82, 2.24) is 0 Å². The topological polar surface area (TPSA) is 20.2 Å². The Kier molecular flexibility index (Phi) is 9.40. The fourth-order valence-electron chi connectivity index (χ4n) is 2.66. The molecule has 100 valence electrons. The molecule has 0 aromatic heterocycles. The molecule has 1 unspecified atom stereocenters. The highest BCUT2D eigenvalue weighted by atomic mass is 16.3. The van der Waals surface area contributed by atoms with Gasteiger partial charge in [0, 0.05) is 6.61 Å². The number of aliphatic hydroxyl groups is 1. The smallest absolute Gasteiger partial charge is 0.0459 e. The summed E-state index contributed by atoms with van der Waals surface area (Å²) in [5.74, 6) is 0.579. The predicted octanol–water partition coefficient (Wildman–Crippen LogP) is 4.85. The van der Waals surface area contributed by atoms with Crippen LogP contribution in [0.3, 0.4) is 0 Å². The molecule has 1 aliphatic carbocycles. The van der Waals surface area contributed by atoms with Gasteiger partial charge in [-0.1, -0.05) is 50.7 Å². The van der Waals surface area contributed by atoms with E-state index in [1.165, 1.54) is 77.0 Å². The summed E-state index contributed by atoms with van der Waals surface area (Å²) in [6, 6.07) is 0. The number of rotatable bonds is 1. The van der Waals surface area contributed by atoms with Gasteiger partial charge in [0.2, 0.25) is 0 Å². The molecule has 1 nitrogen and oxygen atoms in total. The van der Waals surface area contributed by atoms with Crippen LogP contribution in [0.25, 0.3) is 0 Å². The fraction of sp³-hybridized carbons (Fsp3) is 0.875. The van der Waals surface area contributed by atoms with E-state index in [1.807, 2.05) is 0 Å². The van der Waals surface area contributed by atoms with Gasteiger partial charge in [0.1, 0.15) is 0 Å². The molecule has 0 spiro atoms. The van der Waals surface area contributed by atoms with Gasteiger partial charge in [-0.25, -0.2) is 0 Å². The summed E-state index contributed by atoms with van der Waals surface area (Å²) in [6.07, 6.45) is 20.5. The van der Waals surface area contributed by atoms with E-state index in [0.29, 0.717) is 12.5 Å². The van der Waals surface area contributed by atoms with E-state index in [1.54, 1.807) is 0 Å². The number of aliphatic hydroxyl groups excluding tert-OH is 1. The molecular formula is C16H30O. The Morgan fingerprint density at radius 2 is 1.18 bits per heavy atom. The molecule has 0 aromatic rings. The maximum atomic E-state index is 9.33. The van der Waals surface area contributed by atoms with Crippen molar-refractivity contribution < 1.29 is 5.11 Å². The van der Waals surface area contributed by atoms with Crippen LogP contribution in [-0.4, -0.2) is 11.7 Å². The second-order valence-electron chi connectivity index (χ2n) is 5.50. The van der Waals surface area contributed by atoms with E-state index in [2.05, 4.69) is 12.2 Å². The first-order valence-electron chi connectivity index (χ1n) is 7.69. The lowest BCUT2D eigenvalue weighted by atomic mass is 9.95. The minimum Gasteiger partial charge on any atom is -0.396 e. The molecule has 0 aliphatic heterocycles. The molecule has 17 heavy (non-hydrogen) atoms. The lowest BCUT2D eigenvalue weighted by Crippen LogP contribution is -2.06. The van der Waals surface area contributed by atoms with E-state index in [4.69, 9.17) is 0 Å². The van der Waals surface area contributed by atoms with Crippen molar-refractivity contribution in [2.24, 2.45) is 5.92 Å². The number of allylic oxidation sites excluding steroid dienone is 2. The Labute approximate surface area is 107 Å². The Bertz CT molecular complexity index is 186. The molecule has 0 fully saturated rings. The first kappa shape index (κ1) is 14.8. The minimum absolute atomic E-state index is 0.403. The second-order valence-corrected chi connectivity index (χ2v) is 5.50. The van der Waals surface area contributed by atoms with Gasteiger partial charge in [-0.15, -0.1) is 0 Å². The largest absolute Gasteiger partial charge is 0.396 e. The maximum Gasteiger partial charge on any atom is 0.0459 e. The molecule has 0 saturated carbocycles. The summed E-state index contributed by atoms with van der Waals surface area (Å²) in [6.45, 7) is 0.403. The Balaban J connectivity index is 2.22. The summed E-state index contributed by atoms with van der Waals surface area (Å²) >= 11 is 0. The molecule has 0 bridgehead atoms. The molecule has 1 rings (SSSR count). The number of hydrogen-bond donors (Lipinski definition) is 1. The van der Waals surface area contributed by atoms with Crippen LogP contribution in [0, 0.1) is 5.92 Å².